The molecule has 0 aromatic rings. The lowest BCUT2D eigenvalue weighted by Crippen LogP contribution is -2.28. The van der Waals surface area contributed by atoms with Crippen molar-refractivity contribution in [2.45, 2.75) is 64.4 Å². The monoisotopic (exact) mass is 210 g/mol. The molecule has 1 fully saturated rings. The first-order valence-electron chi connectivity index (χ1n) is 6.53. The Morgan fingerprint density at radius 2 is 2.07 bits per heavy atom. The summed E-state index contributed by atoms with van der Waals surface area (Å²) in [4.78, 5) is 0. The van der Waals surface area contributed by atoms with Crippen LogP contribution in [0.2, 0.25) is 0 Å². The van der Waals surface area contributed by atoms with Crippen molar-refractivity contribution in [1.82, 2.24) is 0 Å². The molecule has 3 unspecified atom stereocenters. The van der Waals surface area contributed by atoms with E-state index >= 15 is 0 Å². The molecule has 0 amide bonds. The summed E-state index contributed by atoms with van der Waals surface area (Å²) >= 11 is 0. The number of aliphatic hydroxyl groups excluding tert-OH is 1. The van der Waals surface area contributed by atoms with Crippen molar-refractivity contribution in [2.75, 3.05) is 0 Å². The Hall–Kier alpha value is -0.300. The highest BCUT2D eigenvalue weighted by molar-refractivity contribution is 4.78. The molecule has 1 N–H and O–H groups in total. The van der Waals surface area contributed by atoms with Gasteiger partial charge in [-0.1, -0.05) is 25.8 Å². The zero-order chi connectivity index (χ0) is 11.1. The molecule has 0 bridgehead atoms. The third-order valence-electron chi connectivity index (χ3n) is 3.69. The molecule has 1 aliphatic carbocycles. The van der Waals surface area contributed by atoms with E-state index in [2.05, 4.69) is 13.5 Å². The van der Waals surface area contributed by atoms with Crippen molar-refractivity contribution in [3.8, 4) is 0 Å². The molecule has 0 radical (unpaired) electrons. The summed E-state index contributed by atoms with van der Waals surface area (Å²) < 4.78 is 0. The van der Waals surface area contributed by atoms with E-state index in [0.29, 0.717) is 5.92 Å². The SMILES string of the molecule is C=CCCCCCC1CC(C)CCC1O. The number of unbranched alkanes of at least 4 members (excludes halogenated alkanes) is 3. The molecule has 1 heteroatoms. The molecular weight excluding hydrogens is 184 g/mol. The second-order valence-corrected chi connectivity index (χ2v) is 5.17. The first-order valence-corrected chi connectivity index (χ1v) is 6.53. The molecule has 0 aliphatic heterocycles. The van der Waals surface area contributed by atoms with Gasteiger partial charge in [-0.25, -0.2) is 0 Å². The lowest BCUT2D eigenvalue weighted by molar-refractivity contribution is 0.0461. The summed E-state index contributed by atoms with van der Waals surface area (Å²) in [6.07, 6.45) is 11.7. The second kappa shape index (κ2) is 7.05. The zero-order valence-corrected chi connectivity index (χ0v) is 10.1. The van der Waals surface area contributed by atoms with Crippen LogP contribution in [0.3, 0.4) is 0 Å². The van der Waals surface area contributed by atoms with Gasteiger partial charge in [0.15, 0.2) is 0 Å². The van der Waals surface area contributed by atoms with Crippen LogP contribution in [0.1, 0.15) is 58.3 Å². The summed E-state index contributed by atoms with van der Waals surface area (Å²) in [6.45, 7) is 6.05. The molecule has 0 heterocycles. The molecule has 88 valence electrons. The summed E-state index contributed by atoms with van der Waals surface area (Å²) in [5.41, 5.74) is 0. The minimum atomic E-state index is -0.0133. The molecule has 1 aliphatic rings. The van der Waals surface area contributed by atoms with E-state index < -0.39 is 0 Å². The van der Waals surface area contributed by atoms with Gasteiger partial charge in [0, 0.05) is 0 Å². The van der Waals surface area contributed by atoms with Gasteiger partial charge in [-0.2, -0.15) is 0 Å². The fourth-order valence-corrected chi connectivity index (χ4v) is 2.66. The van der Waals surface area contributed by atoms with Gasteiger partial charge in [0.1, 0.15) is 0 Å². The van der Waals surface area contributed by atoms with Crippen molar-refractivity contribution < 1.29 is 5.11 Å². The lowest BCUT2D eigenvalue weighted by atomic mass is 9.78. The van der Waals surface area contributed by atoms with Crippen LogP contribution in [0.15, 0.2) is 12.7 Å². The molecule has 0 aromatic carbocycles. The van der Waals surface area contributed by atoms with Gasteiger partial charge in [-0.05, 0) is 50.4 Å². The topological polar surface area (TPSA) is 20.2 Å². The van der Waals surface area contributed by atoms with Gasteiger partial charge in [0.25, 0.3) is 0 Å². The van der Waals surface area contributed by atoms with E-state index in [1.54, 1.807) is 0 Å². The van der Waals surface area contributed by atoms with Crippen LogP contribution in [0.5, 0.6) is 0 Å². The van der Waals surface area contributed by atoms with E-state index in [9.17, 15) is 5.11 Å². The van der Waals surface area contributed by atoms with E-state index in [1.807, 2.05) is 6.08 Å². The predicted octanol–water partition coefficient (Wildman–Crippen LogP) is 3.92. The molecule has 1 rings (SSSR count). The number of rotatable bonds is 6. The number of hydrogen-bond donors (Lipinski definition) is 1. The van der Waals surface area contributed by atoms with Gasteiger partial charge < -0.3 is 5.11 Å². The fraction of sp³-hybridized carbons (Fsp3) is 0.857. The van der Waals surface area contributed by atoms with Gasteiger partial charge in [0.05, 0.1) is 6.10 Å². The Bertz CT molecular complexity index is 176. The molecule has 0 aromatic heterocycles. The molecule has 3 atom stereocenters. The van der Waals surface area contributed by atoms with Gasteiger partial charge in [-0.3, -0.25) is 0 Å². The fourth-order valence-electron chi connectivity index (χ4n) is 2.66. The van der Waals surface area contributed by atoms with Crippen LogP contribution < -0.4 is 0 Å². The minimum Gasteiger partial charge on any atom is -0.393 e. The lowest BCUT2D eigenvalue weighted by Gasteiger charge is -2.31. The Balaban J connectivity index is 2.10. The van der Waals surface area contributed by atoms with Crippen molar-refractivity contribution in [3.63, 3.8) is 0 Å². The highest BCUT2D eigenvalue weighted by atomic mass is 16.3. The Morgan fingerprint density at radius 1 is 1.27 bits per heavy atom. The second-order valence-electron chi connectivity index (χ2n) is 5.17. The first kappa shape index (κ1) is 12.8. The quantitative estimate of drug-likeness (QED) is 0.520. The highest BCUT2D eigenvalue weighted by Crippen LogP contribution is 2.32. The van der Waals surface area contributed by atoms with Crippen LogP contribution >= 0.6 is 0 Å². The number of hydrogen-bond acceptors (Lipinski definition) is 1. The third-order valence-corrected chi connectivity index (χ3v) is 3.69. The Labute approximate surface area is 94.6 Å². The van der Waals surface area contributed by atoms with Crippen LogP contribution in [-0.2, 0) is 0 Å². The van der Waals surface area contributed by atoms with Crippen LogP contribution in [0.25, 0.3) is 0 Å². The largest absolute Gasteiger partial charge is 0.393 e. The van der Waals surface area contributed by atoms with E-state index in [1.165, 1.54) is 38.5 Å². The van der Waals surface area contributed by atoms with E-state index in [4.69, 9.17) is 0 Å². The van der Waals surface area contributed by atoms with Crippen LogP contribution in [0, 0.1) is 11.8 Å². The van der Waals surface area contributed by atoms with Gasteiger partial charge >= 0.3 is 0 Å². The maximum atomic E-state index is 9.87. The summed E-state index contributed by atoms with van der Waals surface area (Å²) in [5, 5.41) is 9.87. The summed E-state index contributed by atoms with van der Waals surface area (Å²) in [6, 6.07) is 0. The summed E-state index contributed by atoms with van der Waals surface area (Å²) in [7, 11) is 0. The van der Waals surface area contributed by atoms with E-state index in [0.717, 1.165) is 18.8 Å². The Kier molecular flexibility index (Phi) is 6.00. The maximum absolute atomic E-state index is 9.87. The maximum Gasteiger partial charge on any atom is 0.0568 e. The normalized spacial score (nSPS) is 31.5. The number of allylic oxidation sites excluding steroid dienone is 1. The molecule has 1 nitrogen and oxygen atoms in total. The van der Waals surface area contributed by atoms with Crippen molar-refractivity contribution in [3.05, 3.63) is 12.7 Å². The minimum absolute atomic E-state index is 0.0133. The average Bonchev–Trinajstić information content (AvgIpc) is 2.23. The molecular formula is C14H26O. The highest BCUT2D eigenvalue weighted by Gasteiger charge is 2.26. The van der Waals surface area contributed by atoms with Crippen molar-refractivity contribution >= 4 is 0 Å². The standard InChI is InChI=1S/C14H26O/c1-3-4-5-6-7-8-13-11-12(2)9-10-14(13)15/h3,12-15H,1,4-11H2,2H3. The first-order chi connectivity index (χ1) is 7.24. The third kappa shape index (κ3) is 4.83. The van der Waals surface area contributed by atoms with E-state index in [-0.39, 0.29) is 6.10 Å². The van der Waals surface area contributed by atoms with Gasteiger partial charge in [-0.15, -0.1) is 6.58 Å². The van der Waals surface area contributed by atoms with Crippen LogP contribution in [-0.4, -0.2) is 11.2 Å². The van der Waals surface area contributed by atoms with Gasteiger partial charge in [0.2, 0.25) is 0 Å². The molecule has 15 heavy (non-hydrogen) atoms. The van der Waals surface area contributed by atoms with Crippen molar-refractivity contribution in [2.24, 2.45) is 11.8 Å². The predicted molar refractivity (Wildman–Crippen MR) is 65.8 cm³/mol. The van der Waals surface area contributed by atoms with Crippen LogP contribution in [0.4, 0.5) is 0 Å². The van der Waals surface area contributed by atoms with Crippen molar-refractivity contribution in [1.29, 1.82) is 0 Å². The molecule has 1 saturated carbocycles. The molecule has 0 saturated heterocycles. The Morgan fingerprint density at radius 3 is 2.80 bits per heavy atom. The number of aliphatic hydroxyl groups is 1. The molecule has 0 spiro atoms. The summed E-state index contributed by atoms with van der Waals surface area (Å²) in [5.74, 6) is 1.41. The zero-order valence-electron chi connectivity index (χ0n) is 10.1. The smallest absolute Gasteiger partial charge is 0.0568 e. The average molecular weight is 210 g/mol.